The number of non-ortho nitro benzene ring substituents is 1. The molecule has 0 radical (unpaired) electrons. The van der Waals surface area contributed by atoms with Crippen LogP contribution in [0.25, 0.3) is 0 Å². The average Bonchev–Trinajstić information content (AvgIpc) is 3.20. The fourth-order valence-corrected chi connectivity index (χ4v) is 7.80. The molecule has 0 saturated carbocycles. The maximum atomic E-state index is 10.7. The number of benzene rings is 3. The predicted octanol–water partition coefficient (Wildman–Crippen LogP) is 10.00. The smallest absolute Gasteiger partial charge is 0.0140 e. The molecule has 3 aromatic rings. The van der Waals surface area contributed by atoms with Crippen LogP contribution in [0, 0.1) is 30.5 Å². The summed E-state index contributed by atoms with van der Waals surface area (Å²) in [5.74, 6) is 0.581. The molecular weight excluding hydrogens is 668 g/mol. The molecule has 0 N–H and O–H groups in total. The summed E-state index contributed by atoms with van der Waals surface area (Å²) in [4.78, 5) is 12.8. The summed E-state index contributed by atoms with van der Waals surface area (Å²) in [6.07, 6.45) is 4.14. The second-order valence-electron chi connectivity index (χ2n) is 12.0. The standard InChI is InChI=1S/C25H34N.C10H11NO3.2ClH.Ru/c1-8-20-11-10-12-21(9-2)23(20)26-17-25(7,16-24(26,5)6)22-14-18(3)13-19(4)15-22;1-3-6-14-10-5-4-9(11(12)13)7-8(10)2;;;/h10-15,17H,8-9,16H2,1-7H3;2,4-5,7H,3,6H2,1H3;2*1H;/q-1;;;;+2/p-2/t25-;;;;/m0..../s1. The van der Waals surface area contributed by atoms with Gasteiger partial charge in [-0.3, -0.25) is 0 Å². The van der Waals surface area contributed by atoms with Gasteiger partial charge in [-0.25, -0.2) is 6.54 Å². The van der Waals surface area contributed by atoms with Gasteiger partial charge < -0.3 is 4.90 Å². The fourth-order valence-electron chi connectivity index (χ4n) is 6.02. The van der Waals surface area contributed by atoms with Crippen LogP contribution in [0.1, 0.15) is 87.8 Å². The second-order valence-corrected chi connectivity index (χ2v) is 17.8. The molecule has 43 heavy (non-hydrogen) atoms. The van der Waals surface area contributed by atoms with E-state index < -0.39 is 18.4 Å². The molecular formula is C35H45Cl2N2O3Ru-. The molecule has 1 saturated heterocycles. The van der Waals surface area contributed by atoms with Crippen molar-refractivity contribution < 1.29 is 23.2 Å². The number of nitro benzene ring substituents is 1. The maximum absolute atomic E-state index is 10.7. The van der Waals surface area contributed by atoms with E-state index in [0.717, 1.165) is 25.7 Å². The normalized spacial score (nSPS) is 17.6. The number of rotatable bonds is 9. The molecule has 1 fully saturated rings. The van der Waals surface area contributed by atoms with Gasteiger partial charge in [0.05, 0.1) is 0 Å². The van der Waals surface area contributed by atoms with Crippen LogP contribution in [-0.4, -0.2) is 21.7 Å². The van der Waals surface area contributed by atoms with Crippen molar-refractivity contribution in [2.75, 3.05) is 11.5 Å². The topological polar surface area (TPSA) is 55.6 Å². The van der Waals surface area contributed by atoms with Crippen molar-refractivity contribution in [3.8, 4) is 5.75 Å². The Labute approximate surface area is 271 Å². The van der Waals surface area contributed by atoms with Gasteiger partial charge in [-0.1, -0.05) is 73.9 Å². The summed E-state index contributed by atoms with van der Waals surface area (Å²) in [6.45, 7) is 21.2. The number of halogens is 2. The summed E-state index contributed by atoms with van der Waals surface area (Å²) in [6, 6.07) is 18.2. The summed E-state index contributed by atoms with van der Waals surface area (Å²) in [5, 5.41) is 10.7. The molecule has 0 spiro atoms. The molecule has 1 atom stereocenters. The number of hydrogen-bond acceptors (Lipinski definition) is 4. The van der Waals surface area contributed by atoms with E-state index in [2.05, 4.69) is 96.3 Å². The Morgan fingerprint density at radius 3 is 2.12 bits per heavy atom. The van der Waals surface area contributed by atoms with Gasteiger partial charge in [0.2, 0.25) is 0 Å². The zero-order valence-electron chi connectivity index (χ0n) is 26.6. The molecule has 1 heterocycles. The Bertz CT molecular complexity index is 1430. The number of ether oxygens (including phenoxy) is 1. The summed E-state index contributed by atoms with van der Waals surface area (Å²) >= 11 is -2.03. The third kappa shape index (κ3) is 8.90. The van der Waals surface area contributed by atoms with Gasteiger partial charge in [-0.2, -0.15) is 0 Å². The molecule has 3 aromatic carbocycles. The monoisotopic (exact) mass is 713 g/mol. The summed E-state index contributed by atoms with van der Waals surface area (Å²) < 4.78 is 7.12. The number of aryl methyl sites for hydroxylation is 4. The van der Waals surface area contributed by atoms with E-state index in [1.807, 2.05) is 6.92 Å². The molecule has 0 amide bonds. The number of nitro groups is 1. The van der Waals surface area contributed by atoms with Gasteiger partial charge in [0.25, 0.3) is 0 Å². The summed E-state index contributed by atoms with van der Waals surface area (Å²) in [5.41, 5.74) is 9.27. The first-order valence-corrected chi connectivity index (χ1v) is 20.3. The molecule has 0 aliphatic carbocycles. The van der Waals surface area contributed by atoms with Crippen molar-refractivity contribution in [3.05, 3.63) is 105 Å². The number of para-hydroxylation sites is 1. The Balaban J connectivity index is 0.000000259. The third-order valence-corrected chi connectivity index (χ3v) is 9.64. The molecule has 0 unspecified atom stereocenters. The van der Waals surface area contributed by atoms with E-state index in [-0.39, 0.29) is 16.6 Å². The van der Waals surface area contributed by atoms with Crippen LogP contribution in [0.5, 0.6) is 5.75 Å². The average molecular weight is 714 g/mol. The van der Waals surface area contributed by atoms with Crippen LogP contribution >= 0.6 is 19.4 Å². The molecule has 8 heteroatoms. The Hall–Kier alpha value is -2.27. The van der Waals surface area contributed by atoms with E-state index in [1.54, 1.807) is 10.7 Å². The predicted molar refractivity (Wildman–Crippen MR) is 180 cm³/mol. The minimum absolute atomic E-state index is 0.00356. The van der Waals surface area contributed by atoms with E-state index in [0.29, 0.717) is 17.9 Å². The molecule has 236 valence electrons. The Morgan fingerprint density at radius 1 is 1.00 bits per heavy atom. The van der Waals surface area contributed by atoms with Crippen molar-refractivity contribution in [3.63, 3.8) is 0 Å². The van der Waals surface area contributed by atoms with Crippen molar-refractivity contribution in [2.45, 2.75) is 92.0 Å². The molecule has 5 nitrogen and oxygen atoms in total. The largest absolute Gasteiger partial charge is 0.517 e. The van der Waals surface area contributed by atoms with Crippen molar-refractivity contribution in [1.29, 1.82) is 0 Å². The van der Waals surface area contributed by atoms with Crippen LogP contribution in [0.4, 0.5) is 11.4 Å². The number of nitrogens with zero attached hydrogens (tertiary/aromatic N) is 2. The van der Waals surface area contributed by atoms with Gasteiger partial charge in [-0.15, -0.1) is 5.41 Å². The molecule has 1 aliphatic rings. The van der Waals surface area contributed by atoms with Gasteiger partial charge in [-0.05, 0) is 58.1 Å². The minimum Gasteiger partial charge on any atom is -0.517 e. The van der Waals surface area contributed by atoms with E-state index >= 15 is 0 Å². The van der Waals surface area contributed by atoms with E-state index in [9.17, 15) is 10.1 Å². The Morgan fingerprint density at radius 2 is 1.60 bits per heavy atom. The van der Waals surface area contributed by atoms with Crippen molar-refractivity contribution in [2.24, 2.45) is 0 Å². The quantitative estimate of drug-likeness (QED) is 0.0959. The van der Waals surface area contributed by atoms with Crippen LogP contribution < -0.4 is 9.64 Å². The molecule has 1 aliphatic heterocycles. The van der Waals surface area contributed by atoms with Gasteiger partial charge >= 0.3 is 112 Å². The number of hydrogen-bond donors (Lipinski definition) is 0. The summed E-state index contributed by atoms with van der Waals surface area (Å²) in [7, 11) is 11.6. The van der Waals surface area contributed by atoms with Gasteiger partial charge in [0, 0.05) is 11.2 Å². The zero-order chi connectivity index (χ0) is 31.9. The van der Waals surface area contributed by atoms with E-state index in [4.69, 9.17) is 24.1 Å². The first-order chi connectivity index (χ1) is 20.2. The van der Waals surface area contributed by atoms with Gasteiger partial charge in [0.1, 0.15) is 0 Å². The first-order valence-electron chi connectivity index (χ1n) is 14.8. The third-order valence-electron chi connectivity index (χ3n) is 7.81. The van der Waals surface area contributed by atoms with Crippen LogP contribution in [0.15, 0.2) is 54.6 Å². The van der Waals surface area contributed by atoms with E-state index in [1.165, 1.54) is 45.6 Å². The maximum Gasteiger partial charge on any atom is 0.0140 e. The molecule has 0 bridgehead atoms. The number of anilines is 1. The van der Waals surface area contributed by atoms with Crippen molar-refractivity contribution >= 4 is 35.4 Å². The van der Waals surface area contributed by atoms with Crippen LogP contribution in [-0.2, 0) is 31.8 Å². The Kier molecular flexibility index (Phi) is 12.4. The molecule has 4 rings (SSSR count). The SMILES string of the molecule is CCCOc1ccc([N+](=O)[O-])cc1[CH]=[Ru]([Cl])[Cl].CCc1cccc(CC)c1N1[CH-][C@@](C)(c2cc(C)cc(C)c2)CC1(C)C. The first kappa shape index (κ1) is 35.2. The molecule has 0 aromatic heterocycles. The second kappa shape index (κ2) is 15.1. The van der Waals surface area contributed by atoms with Crippen molar-refractivity contribution in [1.82, 2.24) is 0 Å². The van der Waals surface area contributed by atoms with Gasteiger partial charge in [0.15, 0.2) is 0 Å². The van der Waals surface area contributed by atoms with Crippen LogP contribution in [0.3, 0.4) is 0 Å². The zero-order valence-corrected chi connectivity index (χ0v) is 29.9. The van der Waals surface area contributed by atoms with Crippen LogP contribution in [0.2, 0.25) is 0 Å². The fraction of sp³-hybridized carbons (Fsp3) is 0.429. The minimum atomic E-state index is -2.03.